The van der Waals surface area contributed by atoms with Crippen molar-refractivity contribution in [3.8, 4) is 5.75 Å². The van der Waals surface area contributed by atoms with Gasteiger partial charge in [-0.3, -0.25) is 4.99 Å². The van der Waals surface area contributed by atoms with E-state index in [1.807, 2.05) is 24.3 Å². The molecule has 2 N–H and O–H groups in total. The lowest BCUT2D eigenvalue weighted by Gasteiger charge is -2.18. The molecule has 2 rings (SSSR count). The van der Waals surface area contributed by atoms with Crippen LogP contribution in [0.4, 0.5) is 0 Å². The maximum Gasteiger partial charge on any atom is 0.124 e. The summed E-state index contributed by atoms with van der Waals surface area (Å²) in [5, 5.41) is 0. The van der Waals surface area contributed by atoms with Crippen LogP contribution in [0.25, 0.3) is 0 Å². The van der Waals surface area contributed by atoms with Gasteiger partial charge in [-0.1, -0.05) is 39.0 Å². The standard InChI is InChI=1S/C13H18N2O/c1-13(2,3)12(14)15-10-8-16-11-7-5-4-6-9(10)11/h4-7,10H,8H2,1-3H3,(H2,14,15). The van der Waals surface area contributed by atoms with Crippen LogP contribution < -0.4 is 10.5 Å². The van der Waals surface area contributed by atoms with Gasteiger partial charge in [-0.15, -0.1) is 0 Å². The molecular formula is C13H18N2O. The predicted molar refractivity (Wildman–Crippen MR) is 65.8 cm³/mol. The van der Waals surface area contributed by atoms with Gasteiger partial charge in [0.25, 0.3) is 0 Å². The normalized spacial score (nSPS) is 20.4. The van der Waals surface area contributed by atoms with Gasteiger partial charge in [-0.25, -0.2) is 0 Å². The van der Waals surface area contributed by atoms with Crippen LogP contribution in [0, 0.1) is 5.41 Å². The second kappa shape index (κ2) is 3.81. The summed E-state index contributed by atoms with van der Waals surface area (Å²) in [5.74, 6) is 1.61. The molecule has 0 saturated carbocycles. The summed E-state index contributed by atoms with van der Waals surface area (Å²) in [4.78, 5) is 4.56. The molecule has 3 heteroatoms. The van der Waals surface area contributed by atoms with E-state index in [-0.39, 0.29) is 11.5 Å². The van der Waals surface area contributed by atoms with E-state index in [0.29, 0.717) is 12.4 Å². The third kappa shape index (κ3) is 2.03. The second-order valence-corrected chi connectivity index (χ2v) is 5.13. The number of aliphatic imine (C=N–C) groups is 1. The number of nitrogens with zero attached hydrogens (tertiary/aromatic N) is 1. The van der Waals surface area contributed by atoms with Crippen LogP contribution >= 0.6 is 0 Å². The van der Waals surface area contributed by atoms with Crippen molar-refractivity contribution in [3.63, 3.8) is 0 Å². The Hall–Kier alpha value is -1.51. The zero-order valence-electron chi connectivity index (χ0n) is 10.0. The lowest BCUT2D eigenvalue weighted by Crippen LogP contribution is -2.29. The zero-order valence-corrected chi connectivity index (χ0v) is 10.0. The summed E-state index contributed by atoms with van der Waals surface area (Å²) in [6, 6.07) is 8.04. The van der Waals surface area contributed by atoms with Gasteiger partial charge in [0.1, 0.15) is 24.2 Å². The molecule has 0 bridgehead atoms. The van der Waals surface area contributed by atoms with E-state index in [9.17, 15) is 0 Å². The first-order valence-electron chi connectivity index (χ1n) is 5.54. The Morgan fingerprint density at radius 1 is 1.38 bits per heavy atom. The lowest BCUT2D eigenvalue weighted by molar-refractivity contribution is 0.333. The Kier molecular flexibility index (Phi) is 2.62. The van der Waals surface area contributed by atoms with Gasteiger partial charge in [-0.2, -0.15) is 0 Å². The molecule has 0 radical (unpaired) electrons. The fraction of sp³-hybridized carbons (Fsp3) is 0.462. The van der Waals surface area contributed by atoms with E-state index in [2.05, 4.69) is 25.8 Å². The Morgan fingerprint density at radius 3 is 2.75 bits per heavy atom. The maximum absolute atomic E-state index is 5.98. The quantitative estimate of drug-likeness (QED) is 0.581. The van der Waals surface area contributed by atoms with Crippen molar-refractivity contribution >= 4 is 5.84 Å². The molecule has 86 valence electrons. The molecule has 0 aliphatic carbocycles. The van der Waals surface area contributed by atoms with Gasteiger partial charge in [0.2, 0.25) is 0 Å². The summed E-state index contributed by atoms with van der Waals surface area (Å²) >= 11 is 0. The van der Waals surface area contributed by atoms with E-state index in [1.54, 1.807) is 0 Å². The largest absolute Gasteiger partial charge is 0.491 e. The SMILES string of the molecule is CC(C)(C)C(N)=NC1COc2ccccc21. The highest BCUT2D eigenvalue weighted by molar-refractivity contribution is 5.85. The molecule has 1 aliphatic rings. The summed E-state index contributed by atoms with van der Waals surface area (Å²) < 4.78 is 5.56. The molecule has 1 unspecified atom stereocenters. The Morgan fingerprint density at radius 2 is 2.06 bits per heavy atom. The molecule has 1 aromatic carbocycles. The number of benzene rings is 1. The molecule has 1 aliphatic heterocycles. The van der Waals surface area contributed by atoms with Crippen LogP contribution in [-0.4, -0.2) is 12.4 Å². The number of amidine groups is 1. The van der Waals surface area contributed by atoms with Gasteiger partial charge in [-0.05, 0) is 6.07 Å². The highest BCUT2D eigenvalue weighted by atomic mass is 16.5. The topological polar surface area (TPSA) is 47.6 Å². The van der Waals surface area contributed by atoms with Crippen molar-refractivity contribution in [3.05, 3.63) is 29.8 Å². The summed E-state index contributed by atoms with van der Waals surface area (Å²) in [5.41, 5.74) is 7.03. The Bertz CT molecular complexity index is 418. The van der Waals surface area contributed by atoms with Crippen LogP contribution in [-0.2, 0) is 0 Å². The Labute approximate surface area is 96.3 Å². The van der Waals surface area contributed by atoms with Crippen molar-refractivity contribution in [1.29, 1.82) is 0 Å². The van der Waals surface area contributed by atoms with Crippen LogP contribution in [0.5, 0.6) is 5.75 Å². The molecule has 3 nitrogen and oxygen atoms in total. The van der Waals surface area contributed by atoms with Gasteiger partial charge < -0.3 is 10.5 Å². The third-order valence-corrected chi connectivity index (χ3v) is 2.74. The van der Waals surface area contributed by atoms with Crippen LogP contribution in [0.15, 0.2) is 29.3 Å². The fourth-order valence-corrected chi connectivity index (χ4v) is 1.61. The summed E-state index contributed by atoms with van der Waals surface area (Å²) in [6.45, 7) is 6.78. The average Bonchev–Trinajstić information content (AvgIpc) is 2.61. The number of para-hydroxylation sites is 1. The van der Waals surface area contributed by atoms with E-state index >= 15 is 0 Å². The number of fused-ring (bicyclic) bond motifs is 1. The van der Waals surface area contributed by atoms with Crippen molar-refractivity contribution in [1.82, 2.24) is 0 Å². The summed E-state index contributed by atoms with van der Waals surface area (Å²) in [7, 11) is 0. The number of nitrogens with two attached hydrogens (primary N) is 1. The smallest absolute Gasteiger partial charge is 0.124 e. The molecular weight excluding hydrogens is 200 g/mol. The van der Waals surface area contributed by atoms with Gasteiger partial charge in [0, 0.05) is 11.0 Å². The predicted octanol–water partition coefficient (Wildman–Crippen LogP) is 2.52. The van der Waals surface area contributed by atoms with Gasteiger partial charge in [0.15, 0.2) is 0 Å². The zero-order chi connectivity index (χ0) is 11.8. The van der Waals surface area contributed by atoms with Crippen molar-refractivity contribution in [2.75, 3.05) is 6.61 Å². The van der Waals surface area contributed by atoms with E-state index in [4.69, 9.17) is 10.5 Å². The second-order valence-electron chi connectivity index (χ2n) is 5.13. The van der Waals surface area contributed by atoms with Gasteiger partial charge in [0.05, 0.1) is 0 Å². The number of hydrogen-bond donors (Lipinski definition) is 1. The number of ether oxygens (including phenoxy) is 1. The molecule has 0 spiro atoms. The van der Waals surface area contributed by atoms with Crippen molar-refractivity contribution in [2.45, 2.75) is 26.8 Å². The highest BCUT2D eigenvalue weighted by Gasteiger charge is 2.25. The van der Waals surface area contributed by atoms with Crippen molar-refractivity contribution in [2.24, 2.45) is 16.1 Å². The first-order chi connectivity index (χ1) is 7.48. The summed E-state index contributed by atoms with van der Waals surface area (Å²) in [6.07, 6.45) is 0. The first-order valence-corrected chi connectivity index (χ1v) is 5.54. The molecule has 1 aromatic rings. The van der Waals surface area contributed by atoms with E-state index < -0.39 is 0 Å². The van der Waals surface area contributed by atoms with Crippen molar-refractivity contribution < 1.29 is 4.74 Å². The number of hydrogen-bond acceptors (Lipinski definition) is 2. The molecule has 1 atom stereocenters. The minimum Gasteiger partial charge on any atom is -0.491 e. The average molecular weight is 218 g/mol. The minimum absolute atomic E-state index is 0.0513. The molecule has 0 fully saturated rings. The molecule has 0 amide bonds. The Balaban J connectivity index is 2.27. The first kappa shape index (κ1) is 11.0. The fourth-order valence-electron chi connectivity index (χ4n) is 1.61. The number of rotatable bonds is 1. The van der Waals surface area contributed by atoms with Crippen LogP contribution in [0.3, 0.4) is 0 Å². The van der Waals surface area contributed by atoms with Crippen LogP contribution in [0.1, 0.15) is 32.4 Å². The highest BCUT2D eigenvalue weighted by Crippen LogP contribution is 2.34. The maximum atomic E-state index is 5.98. The minimum atomic E-state index is -0.0858. The third-order valence-electron chi connectivity index (χ3n) is 2.74. The van der Waals surface area contributed by atoms with E-state index in [1.165, 1.54) is 0 Å². The molecule has 0 saturated heterocycles. The monoisotopic (exact) mass is 218 g/mol. The lowest BCUT2D eigenvalue weighted by atomic mass is 9.95. The molecule has 1 heterocycles. The molecule has 0 aromatic heterocycles. The van der Waals surface area contributed by atoms with Crippen LogP contribution in [0.2, 0.25) is 0 Å². The van der Waals surface area contributed by atoms with E-state index in [0.717, 1.165) is 11.3 Å². The molecule has 16 heavy (non-hydrogen) atoms. The van der Waals surface area contributed by atoms with Gasteiger partial charge >= 0.3 is 0 Å².